The summed E-state index contributed by atoms with van der Waals surface area (Å²) in [5.74, 6) is 1.69. The van der Waals surface area contributed by atoms with Gasteiger partial charge >= 0.3 is 0 Å². The summed E-state index contributed by atoms with van der Waals surface area (Å²) in [6.45, 7) is 3.09. The molecule has 3 nitrogen and oxygen atoms in total. The van der Waals surface area contributed by atoms with Crippen LogP contribution in [0.1, 0.15) is 17.5 Å². The highest BCUT2D eigenvalue weighted by Gasteiger charge is 2.21. The summed E-state index contributed by atoms with van der Waals surface area (Å²) in [6.07, 6.45) is 1.98. The van der Waals surface area contributed by atoms with Gasteiger partial charge in [-0.2, -0.15) is 0 Å². The molecule has 2 N–H and O–H groups in total. The number of hydrogen-bond donors (Lipinski definition) is 1. The molecule has 15 heavy (non-hydrogen) atoms. The van der Waals surface area contributed by atoms with Crippen LogP contribution in [0.2, 0.25) is 0 Å². The first kappa shape index (κ1) is 10.8. The number of aryl methyl sites for hydroxylation is 1. The van der Waals surface area contributed by atoms with Crippen LogP contribution in [0.15, 0.2) is 10.5 Å². The van der Waals surface area contributed by atoms with Gasteiger partial charge in [-0.3, -0.25) is 0 Å². The zero-order chi connectivity index (χ0) is 10.8. The lowest BCUT2D eigenvalue weighted by Gasteiger charge is -2.09. The van der Waals surface area contributed by atoms with Crippen LogP contribution in [-0.2, 0) is 6.42 Å². The molecule has 0 bridgehead atoms. The molecule has 0 amide bonds. The van der Waals surface area contributed by atoms with Crippen molar-refractivity contribution in [2.45, 2.75) is 19.8 Å². The standard InChI is InChI=1S/C11H14BrNO2/c1-7-8(3-2-4-13)5-9(12)11-10(7)14-6-15-11/h5H,2-4,6,13H2,1H3. The lowest BCUT2D eigenvalue weighted by Crippen LogP contribution is -2.01. The fourth-order valence-electron chi connectivity index (χ4n) is 1.76. The lowest BCUT2D eigenvalue weighted by atomic mass is 10.0. The molecule has 0 saturated carbocycles. The highest BCUT2D eigenvalue weighted by Crippen LogP contribution is 2.43. The van der Waals surface area contributed by atoms with E-state index in [2.05, 4.69) is 28.9 Å². The van der Waals surface area contributed by atoms with Gasteiger partial charge in [0.1, 0.15) is 0 Å². The van der Waals surface area contributed by atoms with E-state index in [1.165, 1.54) is 11.1 Å². The SMILES string of the molecule is Cc1c(CCCN)cc(Br)c2c1OCO2. The maximum atomic E-state index is 5.51. The number of nitrogens with two attached hydrogens (primary N) is 1. The number of hydrogen-bond acceptors (Lipinski definition) is 3. The van der Waals surface area contributed by atoms with E-state index in [1.807, 2.05) is 0 Å². The molecule has 0 fully saturated rings. The Kier molecular flexibility index (Phi) is 3.17. The summed E-state index contributed by atoms with van der Waals surface area (Å²) in [5, 5.41) is 0. The van der Waals surface area contributed by atoms with Crippen molar-refractivity contribution < 1.29 is 9.47 Å². The van der Waals surface area contributed by atoms with Crippen LogP contribution in [-0.4, -0.2) is 13.3 Å². The molecule has 1 aliphatic rings. The van der Waals surface area contributed by atoms with Crippen molar-refractivity contribution in [1.29, 1.82) is 0 Å². The minimum absolute atomic E-state index is 0.315. The first-order valence-electron chi connectivity index (χ1n) is 5.01. The van der Waals surface area contributed by atoms with Crippen LogP contribution in [0, 0.1) is 6.92 Å². The number of halogens is 1. The summed E-state index contributed by atoms with van der Waals surface area (Å²) in [5.41, 5.74) is 7.95. The minimum atomic E-state index is 0.315. The highest BCUT2D eigenvalue weighted by atomic mass is 79.9. The minimum Gasteiger partial charge on any atom is -0.453 e. The normalized spacial score (nSPS) is 13.3. The lowest BCUT2D eigenvalue weighted by molar-refractivity contribution is 0.173. The molecule has 1 aromatic carbocycles. The van der Waals surface area contributed by atoms with Crippen molar-refractivity contribution in [2.24, 2.45) is 5.73 Å². The number of rotatable bonds is 3. The molecular weight excluding hydrogens is 258 g/mol. The highest BCUT2D eigenvalue weighted by molar-refractivity contribution is 9.10. The Morgan fingerprint density at radius 3 is 2.87 bits per heavy atom. The number of benzene rings is 1. The molecule has 0 aliphatic carbocycles. The Labute approximate surface area is 97.7 Å². The van der Waals surface area contributed by atoms with Crippen LogP contribution < -0.4 is 15.2 Å². The third kappa shape index (κ3) is 1.96. The summed E-state index contributed by atoms with van der Waals surface area (Å²) >= 11 is 3.49. The summed E-state index contributed by atoms with van der Waals surface area (Å²) in [7, 11) is 0. The molecule has 0 spiro atoms. The van der Waals surface area contributed by atoms with Crippen LogP contribution in [0.4, 0.5) is 0 Å². The van der Waals surface area contributed by atoms with Gasteiger partial charge in [0.2, 0.25) is 6.79 Å². The Bertz CT molecular complexity index is 379. The van der Waals surface area contributed by atoms with Gasteiger partial charge in [-0.1, -0.05) is 0 Å². The molecule has 2 rings (SSSR count). The molecule has 0 atom stereocenters. The van der Waals surface area contributed by atoms with Crippen molar-refractivity contribution >= 4 is 15.9 Å². The second kappa shape index (κ2) is 4.41. The van der Waals surface area contributed by atoms with E-state index in [1.54, 1.807) is 0 Å². The van der Waals surface area contributed by atoms with Gasteiger partial charge in [0.05, 0.1) is 4.47 Å². The van der Waals surface area contributed by atoms with Gasteiger partial charge in [-0.15, -0.1) is 0 Å². The number of ether oxygens (including phenoxy) is 2. The van der Waals surface area contributed by atoms with Crippen LogP contribution in [0.25, 0.3) is 0 Å². The van der Waals surface area contributed by atoms with E-state index < -0.39 is 0 Å². The largest absolute Gasteiger partial charge is 0.453 e. The van der Waals surface area contributed by atoms with Gasteiger partial charge in [0.25, 0.3) is 0 Å². The zero-order valence-corrected chi connectivity index (χ0v) is 10.3. The summed E-state index contributed by atoms with van der Waals surface area (Å²) in [4.78, 5) is 0. The smallest absolute Gasteiger partial charge is 0.231 e. The topological polar surface area (TPSA) is 44.5 Å². The second-order valence-corrected chi connectivity index (χ2v) is 4.45. The van der Waals surface area contributed by atoms with E-state index >= 15 is 0 Å². The van der Waals surface area contributed by atoms with E-state index in [0.717, 1.165) is 28.8 Å². The van der Waals surface area contributed by atoms with Gasteiger partial charge in [0, 0.05) is 0 Å². The maximum absolute atomic E-state index is 5.51. The summed E-state index contributed by atoms with van der Waals surface area (Å²) in [6, 6.07) is 2.10. The molecular formula is C11H14BrNO2. The molecule has 0 saturated heterocycles. The fourth-order valence-corrected chi connectivity index (χ4v) is 2.33. The number of fused-ring (bicyclic) bond motifs is 1. The first-order valence-corrected chi connectivity index (χ1v) is 5.81. The van der Waals surface area contributed by atoms with Gasteiger partial charge in [-0.05, 0) is 59.4 Å². The predicted octanol–water partition coefficient (Wildman–Crippen LogP) is 2.38. The maximum Gasteiger partial charge on any atom is 0.231 e. The van der Waals surface area contributed by atoms with Crippen LogP contribution in [0.3, 0.4) is 0 Å². The van der Waals surface area contributed by atoms with E-state index in [-0.39, 0.29) is 0 Å². The predicted molar refractivity (Wildman–Crippen MR) is 62.4 cm³/mol. The monoisotopic (exact) mass is 271 g/mol. The Balaban J connectivity index is 2.36. The van der Waals surface area contributed by atoms with E-state index in [9.17, 15) is 0 Å². The molecule has 0 radical (unpaired) electrons. The van der Waals surface area contributed by atoms with Crippen LogP contribution >= 0.6 is 15.9 Å². The quantitative estimate of drug-likeness (QED) is 0.918. The first-order chi connectivity index (χ1) is 7.24. The average Bonchev–Trinajstić information content (AvgIpc) is 2.70. The Hall–Kier alpha value is -0.740. The van der Waals surface area contributed by atoms with Crippen molar-refractivity contribution in [3.05, 3.63) is 21.7 Å². The molecule has 1 aromatic rings. The van der Waals surface area contributed by atoms with Crippen molar-refractivity contribution in [1.82, 2.24) is 0 Å². The fraction of sp³-hybridized carbons (Fsp3) is 0.455. The molecule has 0 unspecified atom stereocenters. The second-order valence-electron chi connectivity index (χ2n) is 3.60. The van der Waals surface area contributed by atoms with Crippen molar-refractivity contribution in [3.63, 3.8) is 0 Å². The zero-order valence-electron chi connectivity index (χ0n) is 8.68. The third-order valence-corrected chi connectivity index (χ3v) is 3.19. The molecule has 82 valence electrons. The Morgan fingerprint density at radius 1 is 1.40 bits per heavy atom. The molecule has 1 heterocycles. The van der Waals surface area contributed by atoms with E-state index in [0.29, 0.717) is 13.3 Å². The van der Waals surface area contributed by atoms with Crippen LogP contribution in [0.5, 0.6) is 11.5 Å². The summed E-state index contributed by atoms with van der Waals surface area (Å²) < 4.78 is 11.8. The average molecular weight is 272 g/mol. The molecule has 1 aliphatic heterocycles. The van der Waals surface area contributed by atoms with Gasteiger partial charge in [0.15, 0.2) is 11.5 Å². The molecule has 4 heteroatoms. The van der Waals surface area contributed by atoms with Crippen molar-refractivity contribution in [2.75, 3.05) is 13.3 Å². The van der Waals surface area contributed by atoms with E-state index in [4.69, 9.17) is 15.2 Å². The van der Waals surface area contributed by atoms with Gasteiger partial charge in [-0.25, -0.2) is 0 Å². The van der Waals surface area contributed by atoms with Gasteiger partial charge < -0.3 is 15.2 Å². The molecule has 0 aromatic heterocycles. The third-order valence-electron chi connectivity index (χ3n) is 2.60. The van der Waals surface area contributed by atoms with Crippen molar-refractivity contribution in [3.8, 4) is 11.5 Å². The Morgan fingerprint density at radius 2 is 2.13 bits per heavy atom.